The molecule has 0 radical (unpaired) electrons. The molecule has 0 bridgehead atoms. The lowest BCUT2D eigenvalue weighted by Gasteiger charge is -2.26. The van der Waals surface area contributed by atoms with E-state index in [1.807, 2.05) is 6.07 Å². The third-order valence-electron chi connectivity index (χ3n) is 3.38. The molecule has 4 heteroatoms. The molecule has 0 amide bonds. The fourth-order valence-corrected chi connectivity index (χ4v) is 2.49. The first-order chi connectivity index (χ1) is 8.34. The van der Waals surface area contributed by atoms with E-state index in [-0.39, 0.29) is 6.04 Å². The van der Waals surface area contributed by atoms with Crippen LogP contribution in [-0.2, 0) is 0 Å². The van der Waals surface area contributed by atoms with Gasteiger partial charge in [0.05, 0.1) is 0 Å². The molecule has 1 atom stereocenters. The predicted octanol–water partition coefficient (Wildman–Crippen LogP) is 1.98. The maximum Gasteiger partial charge on any atom is 0.165 e. The Balaban J connectivity index is 1.93. The number of phenolic OH excluding ortho intramolecular Hbond substituents is 1. The van der Waals surface area contributed by atoms with Crippen LogP contribution in [0.25, 0.3) is 0 Å². The first-order valence-electron chi connectivity index (χ1n) is 6.20. The number of piperidine rings is 1. The zero-order chi connectivity index (χ0) is 11.7. The van der Waals surface area contributed by atoms with Crippen molar-refractivity contribution in [1.29, 1.82) is 0 Å². The van der Waals surface area contributed by atoms with Crippen LogP contribution in [0.15, 0.2) is 12.1 Å². The molecule has 2 heterocycles. The van der Waals surface area contributed by atoms with Crippen LogP contribution >= 0.6 is 0 Å². The lowest BCUT2D eigenvalue weighted by molar-refractivity contribution is 0.170. The Kier molecular flexibility index (Phi) is 2.81. The minimum atomic E-state index is 0.236. The van der Waals surface area contributed by atoms with Gasteiger partial charge in [-0.25, -0.2) is 0 Å². The molecule has 4 nitrogen and oxygen atoms in total. The van der Waals surface area contributed by atoms with Crippen molar-refractivity contribution in [2.75, 3.05) is 19.8 Å². The number of ether oxygens (including phenoxy) is 2. The van der Waals surface area contributed by atoms with Crippen molar-refractivity contribution in [3.8, 4) is 17.2 Å². The summed E-state index contributed by atoms with van der Waals surface area (Å²) in [7, 11) is 0. The molecule has 2 N–H and O–H groups in total. The Morgan fingerprint density at radius 3 is 2.59 bits per heavy atom. The SMILES string of the molecule is Oc1cc2c(cc1C1CCCCN1)OCCO2. The highest BCUT2D eigenvalue weighted by Crippen LogP contribution is 2.40. The van der Waals surface area contributed by atoms with Crippen molar-refractivity contribution < 1.29 is 14.6 Å². The van der Waals surface area contributed by atoms with Crippen molar-refractivity contribution in [3.63, 3.8) is 0 Å². The average Bonchev–Trinajstić information content (AvgIpc) is 2.39. The summed E-state index contributed by atoms with van der Waals surface area (Å²) in [5.74, 6) is 1.69. The second-order valence-corrected chi connectivity index (χ2v) is 4.56. The van der Waals surface area contributed by atoms with E-state index in [0.29, 0.717) is 24.7 Å². The van der Waals surface area contributed by atoms with Gasteiger partial charge in [0.25, 0.3) is 0 Å². The van der Waals surface area contributed by atoms with Crippen molar-refractivity contribution >= 4 is 0 Å². The smallest absolute Gasteiger partial charge is 0.165 e. The van der Waals surface area contributed by atoms with Crippen LogP contribution in [-0.4, -0.2) is 24.9 Å². The molecular weight excluding hydrogens is 218 g/mol. The Labute approximate surface area is 101 Å². The fourth-order valence-electron chi connectivity index (χ4n) is 2.49. The van der Waals surface area contributed by atoms with Gasteiger partial charge in [-0.05, 0) is 25.5 Å². The zero-order valence-electron chi connectivity index (χ0n) is 9.74. The molecule has 1 fully saturated rings. The van der Waals surface area contributed by atoms with E-state index in [0.717, 1.165) is 24.3 Å². The molecule has 1 saturated heterocycles. The van der Waals surface area contributed by atoms with Crippen LogP contribution < -0.4 is 14.8 Å². The molecule has 0 aliphatic carbocycles. The normalized spacial score (nSPS) is 23.4. The molecule has 0 saturated carbocycles. The number of hydrogen-bond donors (Lipinski definition) is 2. The number of rotatable bonds is 1. The molecule has 2 aliphatic rings. The average molecular weight is 235 g/mol. The summed E-state index contributed by atoms with van der Waals surface area (Å²) in [6, 6.07) is 3.81. The Morgan fingerprint density at radius 2 is 1.88 bits per heavy atom. The number of fused-ring (bicyclic) bond motifs is 1. The van der Waals surface area contributed by atoms with Gasteiger partial charge in [-0.3, -0.25) is 0 Å². The number of nitrogens with one attached hydrogen (secondary N) is 1. The topological polar surface area (TPSA) is 50.7 Å². The summed E-state index contributed by atoms with van der Waals surface area (Å²) in [5, 5.41) is 13.5. The maximum atomic E-state index is 10.0. The fraction of sp³-hybridized carbons (Fsp3) is 0.538. The third kappa shape index (κ3) is 2.05. The van der Waals surface area contributed by atoms with E-state index in [9.17, 15) is 5.11 Å². The molecule has 17 heavy (non-hydrogen) atoms. The summed E-state index contributed by atoms with van der Waals surface area (Å²) in [5.41, 5.74) is 0.925. The molecule has 1 unspecified atom stereocenters. The van der Waals surface area contributed by atoms with Crippen LogP contribution in [0.1, 0.15) is 30.9 Å². The number of aromatic hydroxyl groups is 1. The van der Waals surface area contributed by atoms with Gasteiger partial charge in [0.15, 0.2) is 11.5 Å². The van der Waals surface area contributed by atoms with Crippen molar-refractivity contribution in [2.45, 2.75) is 25.3 Å². The second-order valence-electron chi connectivity index (χ2n) is 4.56. The first-order valence-corrected chi connectivity index (χ1v) is 6.20. The molecule has 0 spiro atoms. The third-order valence-corrected chi connectivity index (χ3v) is 3.38. The number of benzene rings is 1. The predicted molar refractivity (Wildman–Crippen MR) is 63.7 cm³/mol. The van der Waals surface area contributed by atoms with E-state index < -0.39 is 0 Å². The minimum Gasteiger partial charge on any atom is -0.507 e. The summed E-state index contributed by atoms with van der Waals surface area (Å²) < 4.78 is 11.0. The van der Waals surface area contributed by atoms with Crippen LogP contribution in [0, 0.1) is 0 Å². The molecule has 3 rings (SSSR count). The highest BCUT2D eigenvalue weighted by molar-refractivity contribution is 5.51. The highest BCUT2D eigenvalue weighted by Gasteiger charge is 2.22. The van der Waals surface area contributed by atoms with E-state index >= 15 is 0 Å². The van der Waals surface area contributed by atoms with Gasteiger partial charge in [0, 0.05) is 17.7 Å². The number of hydrogen-bond acceptors (Lipinski definition) is 4. The highest BCUT2D eigenvalue weighted by atomic mass is 16.6. The lowest BCUT2D eigenvalue weighted by atomic mass is 9.96. The molecule has 1 aromatic carbocycles. The monoisotopic (exact) mass is 235 g/mol. The summed E-state index contributed by atoms with van der Waals surface area (Å²) in [6.07, 6.45) is 3.47. The van der Waals surface area contributed by atoms with Gasteiger partial charge in [0.2, 0.25) is 0 Å². The van der Waals surface area contributed by atoms with E-state index in [1.54, 1.807) is 6.07 Å². The largest absolute Gasteiger partial charge is 0.507 e. The maximum absolute atomic E-state index is 10.0. The van der Waals surface area contributed by atoms with Crippen LogP contribution in [0.4, 0.5) is 0 Å². The van der Waals surface area contributed by atoms with Crippen LogP contribution in [0.3, 0.4) is 0 Å². The first kappa shape index (κ1) is 10.7. The van der Waals surface area contributed by atoms with Gasteiger partial charge >= 0.3 is 0 Å². The van der Waals surface area contributed by atoms with Gasteiger partial charge < -0.3 is 19.9 Å². The Bertz CT molecular complexity index is 413. The lowest BCUT2D eigenvalue weighted by Crippen LogP contribution is -2.27. The molecule has 1 aromatic rings. The quantitative estimate of drug-likeness (QED) is 0.781. The standard InChI is InChI=1S/C13H17NO3/c15-11-8-13-12(16-5-6-17-13)7-9(11)10-3-1-2-4-14-10/h7-8,10,14-15H,1-6H2. The summed E-state index contributed by atoms with van der Waals surface area (Å²) in [4.78, 5) is 0. The summed E-state index contributed by atoms with van der Waals surface area (Å²) >= 11 is 0. The van der Waals surface area contributed by atoms with Crippen LogP contribution in [0.5, 0.6) is 17.2 Å². The van der Waals surface area contributed by atoms with E-state index in [2.05, 4.69) is 5.32 Å². The van der Waals surface area contributed by atoms with Crippen LogP contribution in [0.2, 0.25) is 0 Å². The van der Waals surface area contributed by atoms with E-state index in [4.69, 9.17) is 9.47 Å². The Morgan fingerprint density at radius 1 is 1.12 bits per heavy atom. The molecule has 0 aromatic heterocycles. The van der Waals surface area contributed by atoms with Crippen molar-refractivity contribution in [3.05, 3.63) is 17.7 Å². The number of phenols is 1. The molecule has 2 aliphatic heterocycles. The van der Waals surface area contributed by atoms with Gasteiger partial charge in [-0.2, -0.15) is 0 Å². The van der Waals surface area contributed by atoms with Gasteiger partial charge in [0.1, 0.15) is 19.0 Å². The van der Waals surface area contributed by atoms with Crippen molar-refractivity contribution in [2.24, 2.45) is 0 Å². The molecular formula is C13H17NO3. The zero-order valence-corrected chi connectivity index (χ0v) is 9.74. The minimum absolute atomic E-state index is 0.236. The van der Waals surface area contributed by atoms with E-state index in [1.165, 1.54) is 12.8 Å². The second kappa shape index (κ2) is 4.45. The van der Waals surface area contributed by atoms with Gasteiger partial charge in [-0.1, -0.05) is 6.42 Å². The molecule has 92 valence electrons. The summed E-state index contributed by atoms with van der Waals surface area (Å²) in [6.45, 7) is 2.14. The van der Waals surface area contributed by atoms with Gasteiger partial charge in [-0.15, -0.1) is 0 Å². The van der Waals surface area contributed by atoms with Crippen molar-refractivity contribution in [1.82, 2.24) is 5.32 Å². The Hall–Kier alpha value is -1.42.